The highest BCUT2D eigenvalue weighted by molar-refractivity contribution is 7.22. The van der Waals surface area contributed by atoms with Crippen molar-refractivity contribution in [1.29, 1.82) is 0 Å². The van der Waals surface area contributed by atoms with Gasteiger partial charge in [-0.2, -0.15) is 0 Å². The van der Waals surface area contributed by atoms with Crippen molar-refractivity contribution in [1.82, 2.24) is 9.88 Å². The smallest absolute Gasteiger partial charge is 0.253 e. The van der Waals surface area contributed by atoms with Crippen LogP contribution < -0.4 is 5.32 Å². The zero-order chi connectivity index (χ0) is 20.4. The van der Waals surface area contributed by atoms with Gasteiger partial charge in [0.25, 0.3) is 5.91 Å². The van der Waals surface area contributed by atoms with E-state index in [1.54, 1.807) is 29.2 Å². The van der Waals surface area contributed by atoms with Crippen LogP contribution in [0.25, 0.3) is 10.2 Å². The van der Waals surface area contributed by atoms with E-state index in [0.29, 0.717) is 41.6 Å². The molecule has 0 atom stereocenters. The minimum atomic E-state index is -0.109. The molecule has 0 saturated carbocycles. The number of hydrogen-bond donors (Lipinski definition) is 1. The van der Waals surface area contributed by atoms with E-state index in [1.807, 2.05) is 6.07 Å². The number of nitrogens with zero attached hydrogens (tertiary/aromatic N) is 2. The van der Waals surface area contributed by atoms with Gasteiger partial charge in [0.15, 0.2) is 5.13 Å². The Morgan fingerprint density at radius 2 is 1.90 bits per heavy atom. The van der Waals surface area contributed by atoms with Gasteiger partial charge in [-0.25, -0.2) is 4.98 Å². The number of anilines is 1. The minimum absolute atomic E-state index is 0.0153. The fourth-order valence-corrected chi connectivity index (χ4v) is 4.63. The molecule has 1 aromatic heterocycles. The molecule has 0 radical (unpaired) electrons. The van der Waals surface area contributed by atoms with Crippen LogP contribution in [0.2, 0.25) is 5.02 Å². The molecule has 2 heterocycles. The van der Waals surface area contributed by atoms with Gasteiger partial charge in [-0.1, -0.05) is 35.9 Å². The van der Waals surface area contributed by atoms with Crippen molar-refractivity contribution in [2.75, 3.05) is 18.4 Å². The topological polar surface area (TPSA) is 62.3 Å². The molecule has 1 aliphatic heterocycles. The Labute approximate surface area is 178 Å². The average Bonchev–Trinajstić information content (AvgIpc) is 3.15. The number of likely N-dealkylation sites (tertiary alicyclic amines) is 1. The molecule has 3 aromatic rings. The maximum Gasteiger partial charge on any atom is 0.253 e. The van der Waals surface area contributed by atoms with E-state index in [9.17, 15) is 9.59 Å². The molecule has 2 amide bonds. The highest BCUT2D eigenvalue weighted by Gasteiger charge is 2.28. The van der Waals surface area contributed by atoms with Gasteiger partial charge in [0.1, 0.15) is 0 Å². The van der Waals surface area contributed by atoms with Crippen LogP contribution in [-0.2, 0) is 11.2 Å². The fraction of sp³-hybridized carbons (Fsp3) is 0.318. The average molecular weight is 428 g/mol. The molecule has 1 saturated heterocycles. The Morgan fingerprint density at radius 3 is 2.59 bits per heavy atom. The summed E-state index contributed by atoms with van der Waals surface area (Å²) in [7, 11) is 0. The predicted molar refractivity (Wildman–Crippen MR) is 118 cm³/mol. The van der Waals surface area contributed by atoms with Crippen LogP contribution in [0.3, 0.4) is 0 Å². The van der Waals surface area contributed by atoms with Gasteiger partial charge in [-0.3, -0.25) is 9.59 Å². The molecule has 4 rings (SSSR count). The van der Waals surface area contributed by atoms with Crippen LogP contribution in [-0.4, -0.2) is 34.8 Å². The number of carbonyl (C=O) groups excluding carboxylic acids is 2. The molecule has 0 bridgehead atoms. The summed E-state index contributed by atoms with van der Waals surface area (Å²) in [6.07, 6.45) is 2.27. The van der Waals surface area contributed by atoms with Crippen LogP contribution in [0, 0.1) is 5.92 Å². The van der Waals surface area contributed by atoms with Gasteiger partial charge < -0.3 is 10.2 Å². The van der Waals surface area contributed by atoms with Gasteiger partial charge in [-0.05, 0) is 61.2 Å². The first-order valence-corrected chi connectivity index (χ1v) is 11.0. The molecule has 1 aliphatic rings. The van der Waals surface area contributed by atoms with Gasteiger partial charge in [0.05, 0.1) is 10.2 Å². The summed E-state index contributed by atoms with van der Waals surface area (Å²) in [5.41, 5.74) is 2.79. The Balaban J connectivity index is 1.35. The monoisotopic (exact) mass is 427 g/mol. The lowest BCUT2D eigenvalue weighted by Gasteiger charge is -2.31. The van der Waals surface area contributed by atoms with Crippen molar-refractivity contribution in [3.63, 3.8) is 0 Å². The largest absolute Gasteiger partial charge is 0.339 e. The van der Waals surface area contributed by atoms with Crippen molar-refractivity contribution in [2.24, 2.45) is 5.92 Å². The van der Waals surface area contributed by atoms with Crippen LogP contribution in [0.5, 0.6) is 0 Å². The number of amides is 2. The molecule has 5 nitrogen and oxygen atoms in total. The van der Waals surface area contributed by atoms with Crippen molar-refractivity contribution >= 4 is 50.1 Å². The number of halogens is 1. The SMILES string of the molecule is CCc1ccc2nc(NC(=O)C3CCN(C(=O)c4ccc(Cl)cc4)CC3)sc2c1. The van der Waals surface area contributed by atoms with Crippen LogP contribution in [0.4, 0.5) is 5.13 Å². The molecule has 0 unspecified atom stereocenters. The lowest BCUT2D eigenvalue weighted by molar-refractivity contribution is -0.121. The summed E-state index contributed by atoms with van der Waals surface area (Å²) >= 11 is 7.39. The van der Waals surface area contributed by atoms with E-state index in [1.165, 1.54) is 16.9 Å². The zero-order valence-corrected chi connectivity index (χ0v) is 17.7. The molecule has 29 heavy (non-hydrogen) atoms. The maximum atomic E-state index is 12.7. The predicted octanol–water partition coefficient (Wildman–Crippen LogP) is 5.00. The summed E-state index contributed by atoms with van der Waals surface area (Å²) in [4.78, 5) is 31.6. The third-order valence-corrected chi connectivity index (χ3v) is 6.52. The lowest BCUT2D eigenvalue weighted by atomic mass is 9.95. The third-order valence-electron chi connectivity index (χ3n) is 5.34. The Bertz CT molecular complexity index is 1040. The van der Waals surface area contributed by atoms with Crippen molar-refractivity contribution in [3.8, 4) is 0 Å². The van der Waals surface area contributed by atoms with Crippen LogP contribution in [0.1, 0.15) is 35.7 Å². The van der Waals surface area contributed by atoms with Gasteiger partial charge in [-0.15, -0.1) is 0 Å². The van der Waals surface area contributed by atoms with E-state index >= 15 is 0 Å². The first-order chi connectivity index (χ1) is 14.0. The summed E-state index contributed by atoms with van der Waals surface area (Å²) in [6, 6.07) is 13.1. The Hall–Kier alpha value is -2.44. The zero-order valence-electron chi connectivity index (χ0n) is 16.2. The number of hydrogen-bond acceptors (Lipinski definition) is 4. The summed E-state index contributed by atoms with van der Waals surface area (Å²) in [5.74, 6) is -0.140. The number of nitrogens with one attached hydrogen (secondary N) is 1. The number of aromatic nitrogens is 1. The van der Waals surface area contributed by atoms with Crippen molar-refractivity contribution < 1.29 is 9.59 Å². The normalized spacial score (nSPS) is 14.9. The van der Waals surface area contributed by atoms with Crippen molar-refractivity contribution in [3.05, 3.63) is 58.6 Å². The van der Waals surface area contributed by atoms with Crippen LogP contribution >= 0.6 is 22.9 Å². The number of aryl methyl sites for hydroxylation is 1. The second-order valence-corrected chi connectivity index (χ2v) is 8.70. The van der Waals surface area contributed by atoms with E-state index in [2.05, 4.69) is 29.4 Å². The van der Waals surface area contributed by atoms with Gasteiger partial charge in [0, 0.05) is 29.6 Å². The number of piperidine rings is 1. The number of fused-ring (bicyclic) bond motifs is 1. The second kappa shape index (κ2) is 8.51. The highest BCUT2D eigenvalue weighted by atomic mass is 35.5. The molecular weight excluding hydrogens is 406 g/mol. The van der Waals surface area contributed by atoms with Gasteiger partial charge >= 0.3 is 0 Å². The first kappa shape index (κ1) is 19.9. The second-order valence-electron chi connectivity index (χ2n) is 7.24. The number of carbonyl (C=O) groups is 2. The molecule has 1 N–H and O–H groups in total. The molecule has 7 heteroatoms. The molecule has 150 valence electrons. The number of thiazole rings is 1. The van der Waals surface area contributed by atoms with Crippen LogP contribution in [0.15, 0.2) is 42.5 Å². The molecule has 0 aliphatic carbocycles. The Morgan fingerprint density at radius 1 is 1.17 bits per heavy atom. The number of rotatable bonds is 4. The standard InChI is InChI=1S/C22H22ClN3O2S/c1-2-14-3-8-18-19(13-14)29-22(24-18)25-20(27)15-9-11-26(12-10-15)21(28)16-4-6-17(23)7-5-16/h3-8,13,15H,2,9-12H2,1H3,(H,24,25,27). The molecule has 0 spiro atoms. The van der Waals surface area contributed by atoms with E-state index in [-0.39, 0.29) is 17.7 Å². The molecule has 1 fully saturated rings. The molecule has 2 aromatic carbocycles. The quantitative estimate of drug-likeness (QED) is 0.637. The first-order valence-electron chi connectivity index (χ1n) is 9.78. The third kappa shape index (κ3) is 4.43. The van der Waals surface area contributed by atoms with E-state index in [0.717, 1.165) is 16.6 Å². The summed E-state index contributed by atoms with van der Waals surface area (Å²) in [5, 5.41) is 4.22. The van der Waals surface area contributed by atoms with E-state index in [4.69, 9.17) is 11.6 Å². The Kier molecular flexibility index (Phi) is 5.83. The summed E-state index contributed by atoms with van der Waals surface area (Å²) < 4.78 is 1.09. The van der Waals surface area contributed by atoms with E-state index < -0.39 is 0 Å². The fourth-order valence-electron chi connectivity index (χ4n) is 3.57. The summed E-state index contributed by atoms with van der Waals surface area (Å²) in [6.45, 7) is 3.26. The number of benzene rings is 2. The van der Waals surface area contributed by atoms with Gasteiger partial charge in [0.2, 0.25) is 5.91 Å². The highest BCUT2D eigenvalue weighted by Crippen LogP contribution is 2.28. The lowest BCUT2D eigenvalue weighted by Crippen LogP contribution is -2.41. The van der Waals surface area contributed by atoms with Crippen molar-refractivity contribution in [2.45, 2.75) is 26.2 Å². The molecular formula is C22H22ClN3O2S. The maximum absolute atomic E-state index is 12.7. The minimum Gasteiger partial charge on any atom is -0.339 e.